The zero-order chi connectivity index (χ0) is 18.8. The van der Waals surface area contributed by atoms with Crippen molar-refractivity contribution in [2.24, 2.45) is 0 Å². The maximum Gasteiger partial charge on any atom is 0.261 e. The highest BCUT2D eigenvalue weighted by atomic mass is 32.1. The van der Waals surface area contributed by atoms with Crippen LogP contribution >= 0.6 is 11.3 Å². The Morgan fingerprint density at radius 1 is 1.07 bits per heavy atom. The Labute approximate surface area is 160 Å². The lowest BCUT2D eigenvalue weighted by Gasteiger charge is -2.01. The number of H-pyrrole nitrogens is 1. The van der Waals surface area contributed by atoms with Gasteiger partial charge in [0.05, 0.1) is 22.5 Å². The third-order valence-corrected chi connectivity index (χ3v) is 5.37. The second kappa shape index (κ2) is 7.17. The molecule has 0 saturated carbocycles. The van der Waals surface area contributed by atoms with E-state index in [4.69, 9.17) is 0 Å². The molecule has 0 unspecified atom stereocenters. The van der Waals surface area contributed by atoms with Crippen LogP contribution < -0.4 is 5.32 Å². The summed E-state index contributed by atoms with van der Waals surface area (Å²) in [6.07, 6.45) is 0. The van der Waals surface area contributed by atoms with E-state index in [0.29, 0.717) is 17.0 Å². The third kappa shape index (κ3) is 3.66. The number of imidazole rings is 1. The SMILES string of the molecule is CC(=O)c1cccc(-c2ccc(C(=O)NCc3nc4ccccc4[nH]3)s2)c1. The lowest BCUT2D eigenvalue weighted by molar-refractivity contribution is 0.0953. The molecule has 2 heterocycles. The molecule has 6 heteroatoms. The predicted molar refractivity (Wildman–Crippen MR) is 107 cm³/mol. The largest absolute Gasteiger partial charge is 0.344 e. The van der Waals surface area contributed by atoms with Crippen LogP contribution in [0.2, 0.25) is 0 Å². The van der Waals surface area contributed by atoms with Crippen molar-refractivity contribution >= 4 is 34.1 Å². The standard InChI is InChI=1S/C21H17N3O2S/c1-13(25)14-5-4-6-15(11-14)18-9-10-19(27-18)21(26)22-12-20-23-16-7-2-3-8-17(16)24-20/h2-11H,12H2,1H3,(H,22,26)(H,23,24). The summed E-state index contributed by atoms with van der Waals surface area (Å²) in [5, 5.41) is 2.89. The summed E-state index contributed by atoms with van der Waals surface area (Å²) in [7, 11) is 0. The fourth-order valence-corrected chi connectivity index (χ4v) is 3.77. The first-order valence-corrected chi connectivity index (χ1v) is 9.35. The molecule has 0 fully saturated rings. The van der Waals surface area contributed by atoms with Crippen LogP contribution in [0.3, 0.4) is 0 Å². The van der Waals surface area contributed by atoms with E-state index in [1.807, 2.05) is 48.5 Å². The number of ketones is 1. The molecule has 4 aromatic rings. The van der Waals surface area contributed by atoms with Gasteiger partial charge in [-0.2, -0.15) is 0 Å². The Hall–Kier alpha value is -3.25. The van der Waals surface area contributed by atoms with Crippen LogP contribution in [0.5, 0.6) is 0 Å². The summed E-state index contributed by atoms with van der Waals surface area (Å²) in [6.45, 7) is 1.88. The first-order valence-electron chi connectivity index (χ1n) is 8.53. The van der Waals surface area contributed by atoms with Gasteiger partial charge in [0, 0.05) is 10.4 Å². The second-order valence-corrected chi connectivity index (χ2v) is 7.27. The third-order valence-electron chi connectivity index (χ3n) is 4.24. The molecule has 5 nitrogen and oxygen atoms in total. The number of hydrogen-bond acceptors (Lipinski definition) is 4. The molecule has 2 aromatic carbocycles. The number of fused-ring (bicyclic) bond motifs is 1. The predicted octanol–water partition coefficient (Wildman–Crippen LogP) is 4.42. The van der Waals surface area contributed by atoms with Crippen molar-refractivity contribution in [3.63, 3.8) is 0 Å². The highest BCUT2D eigenvalue weighted by molar-refractivity contribution is 7.17. The fourth-order valence-electron chi connectivity index (χ4n) is 2.85. The number of nitrogens with one attached hydrogen (secondary N) is 2. The lowest BCUT2D eigenvalue weighted by Crippen LogP contribution is -2.22. The molecule has 1 amide bonds. The molecular weight excluding hydrogens is 358 g/mol. The van der Waals surface area contributed by atoms with Gasteiger partial charge in [0.2, 0.25) is 0 Å². The van der Waals surface area contributed by atoms with Gasteiger partial charge in [-0.25, -0.2) is 4.98 Å². The average molecular weight is 375 g/mol. The number of thiophene rings is 1. The number of amides is 1. The van der Waals surface area contributed by atoms with Crippen LogP contribution in [0.4, 0.5) is 0 Å². The molecule has 0 aliphatic rings. The average Bonchev–Trinajstić information content (AvgIpc) is 3.33. The van der Waals surface area contributed by atoms with Crippen molar-refractivity contribution in [1.82, 2.24) is 15.3 Å². The number of nitrogens with zero attached hydrogens (tertiary/aromatic N) is 1. The van der Waals surface area contributed by atoms with E-state index in [1.54, 1.807) is 19.1 Å². The monoisotopic (exact) mass is 375 g/mol. The van der Waals surface area contributed by atoms with E-state index in [0.717, 1.165) is 27.3 Å². The quantitative estimate of drug-likeness (QED) is 0.507. The minimum Gasteiger partial charge on any atom is -0.344 e. The first kappa shape index (κ1) is 17.2. The highest BCUT2D eigenvalue weighted by Gasteiger charge is 2.12. The topological polar surface area (TPSA) is 74.8 Å². The van der Waals surface area contributed by atoms with Crippen LogP contribution in [0, 0.1) is 0 Å². The molecule has 0 radical (unpaired) electrons. The van der Waals surface area contributed by atoms with Gasteiger partial charge >= 0.3 is 0 Å². The number of Topliss-reactive ketones (excluding diaryl/α,β-unsaturated/α-hetero) is 1. The van der Waals surface area contributed by atoms with Crippen LogP contribution in [-0.2, 0) is 6.54 Å². The van der Waals surface area contributed by atoms with E-state index < -0.39 is 0 Å². The highest BCUT2D eigenvalue weighted by Crippen LogP contribution is 2.29. The van der Waals surface area contributed by atoms with Gasteiger partial charge in [0.1, 0.15) is 5.82 Å². The van der Waals surface area contributed by atoms with Gasteiger partial charge in [-0.1, -0.05) is 30.3 Å². The number of aromatic amines is 1. The van der Waals surface area contributed by atoms with E-state index in [1.165, 1.54) is 11.3 Å². The van der Waals surface area contributed by atoms with Gasteiger partial charge in [0.15, 0.2) is 5.78 Å². The maximum absolute atomic E-state index is 12.5. The lowest BCUT2D eigenvalue weighted by atomic mass is 10.1. The van der Waals surface area contributed by atoms with Gasteiger partial charge in [-0.05, 0) is 42.8 Å². The van der Waals surface area contributed by atoms with Crippen molar-refractivity contribution in [2.75, 3.05) is 0 Å². The van der Waals surface area contributed by atoms with Crippen molar-refractivity contribution in [3.8, 4) is 10.4 Å². The van der Waals surface area contributed by atoms with Crippen molar-refractivity contribution in [3.05, 3.63) is 76.9 Å². The van der Waals surface area contributed by atoms with E-state index in [2.05, 4.69) is 15.3 Å². The van der Waals surface area contributed by atoms with Gasteiger partial charge in [-0.3, -0.25) is 9.59 Å². The number of para-hydroxylation sites is 2. The Balaban J connectivity index is 1.47. The Bertz CT molecular complexity index is 1110. The minimum atomic E-state index is -0.144. The van der Waals surface area contributed by atoms with Crippen LogP contribution in [-0.4, -0.2) is 21.7 Å². The van der Waals surface area contributed by atoms with Crippen molar-refractivity contribution in [2.45, 2.75) is 13.5 Å². The molecule has 2 N–H and O–H groups in total. The van der Waals surface area contributed by atoms with Crippen LogP contribution in [0.15, 0.2) is 60.7 Å². The summed E-state index contributed by atoms with van der Waals surface area (Å²) in [5.74, 6) is 0.599. The summed E-state index contributed by atoms with van der Waals surface area (Å²) in [5.41, 5.74) is 3.43. The van der Waals surface area contributed by atoms with Gasteiger partial charge in [0.25, 0.3) is 5.91 Å². The fraction of sp³-hybridized carbons (Fsp3) is 0.0952. The molecule has 0 atom stereocenters. The van der Waals surface area contributed by atoms with Crippen molar-refractivity contribution in [1.29, 1.82) is 0 Å². The number of benzene rings is 2. The number of carbonyl (C=O) groups is 2. The zero-order valence-corrected chi connectivity index (χ0v) is 15.5. The number of aromatic nitrogens is 2. The van der Waals surface area contributed by atoms with Crippen LogP contribution in [0.1, 0.15) is 32.8 Å². The number of hydrogen-bond donors (Lipinski definition) is 2. The second-order valence-electron chi connectivity index (χ2n) is 6.18. The van der Waals surface area contributed by atoms with Gasteiger partial charge < -0.3 is 10.3 Å². The van der Waals surface area contributed by atoms with E-state index in [9.17, 15) is 9.59 Å². The van der Waals surface area contributed by atoms with E-state index in [-0.39, 0.29) is 11.7 Å². The molecule has 0 spiro atoms. The summed E-state index contributed by atoms with van der Waals surface area (Å²) in [6, 6.07) is 18.9. The first-order chi connectivity index (χ1) is 13.1. The normalized spacial score (nSPS) is 10.9. The molecule has 0 aliphatic carbocycles. The zero-order valence-electron chi connectivity index (χ0n) is 14.7. The molecule has 134 valence electrons. The molecule has 0 bridgehead atoms. The Morgan fingerprint density at radius 2 is 1.93 bits per heavy atom. The molecule has 0 saturated heterocycles. The van der Waals surface area contributed by atoms with Crippen LogP contribution in [0.25, 0.3) is 21.5 Å². The molecule has 2 aromatic heterocycles. The van der Waals surface area contributed by atoms with Crippen molar-refractivity contribution < 1.29 is 9.59 Å². The molecular formula is C21H17N3O2S. The Morgan fingerprint density at radius 3 is 2.74 bits per heavy atom. The number of rotatable bonds is 5. The molecule has 4 rings (SSSR count). The smallest absolute Gasteiger partial charge is 0.261 e. The molecule has 0 aliphatic heterocycles. The Kier molecular flexibility index (Phi) is 4.56. The maximum atomic E-state index is 12.5. The summed E-state index contributed by atoms with van der Waals surface area (Å²) < 4.78 is 0. The number of carbonyl (C=O) groups excluding carboxylic acids is 2. The minimum absolute atomic E-state index is 0.0252. The summed E-state index contributed by atoms with van der Waals surface area (Å²) >= 11 is 1.40. The van der Waals surface area contributed by atoms with Gasteiger partial charge in [-0.15, -0.1) is 11.3 Å². The van der Waals surface area contributed by atoms with E-state index >= 15 is 0 Å². The summed E-state index contributed by atoms with van der Waals surface area (Å²) in [4.78, 5) is 33.2. The molecule has 27 heavy (non-hydrogen) atoms.